The molecule has 0 saturated carbocycles. The molecule has 0 fully saturated rings. The molecule has 55 heavy (non-hydrogen) atoms. The van der Waals surface area contributed by atoms with Crippen molar-refractivity contribution in [3.05, 3.63) is 196 Å². The van der Waals surface area contributed by atoms with E-state index in [1.54, 1.807) is 0 Å². The first-order chi connectivity index (χ1) is 27.2. The van der Waals surface area contributed by atoms with Gasteiger partial charge in [-0.1, -0.05) is 158 Å². The van der Waals surface area contributed by atoms with Crippen LogP contribution in [0.2, 0.25) is 0 Å². The first kappa shape index (κ1) is 36.9. The Morgan fingerprint density at radius 2 is 1.22 bits per heavy atom. The summed E-state index contributed by atoms with van der Waals surface area (Å²) in [7, 11) is 0. The van der Waals surface area contributed by atoms with E-state index in [0.29, 0.717) is 24.8 Å². The molecule has 4 heteroatoms. The molecular formula is C51H46N4. The van der Waals surface area contributed by atoms with Gasteiger partial charge in [-0.2, -0.15) is 0 Å². The lowest BCUT2D eigenvalue weighted by molar-refractivity contribution is 0.994. The molecule has 0 radical (unpaired) electrons. The Morgan fingerprint density at radius 1 is 0.600 bits per heavy atom. The summed E-state index contributed by atoms with van der Waals surface area (Å²) in [5, 5.41) is 0. The van der Waals surface area contributed by atoms with Crippen LogP contribution in [0.15, 0.2) is 188 Å². The highest BCUT2D eigenvalue weighted by atomic mass is 15.0. The number of rotatable bonds is 10. The Balaban J connectivity index is 1.36. The minimum atomic E-state index is 0.549. The van der Waals surface area contributed by atoms with Crippen molar-refractivity contribution >= 4 is 29.7 Å². The van der Waals surface area contributed by atoms with Crippen molar-refractivity contribution in [2.24, 2.45) is 20.0 Å². The smallest absolute Gasteiger partial charge is 0.161 e. The van der Waals surface area contributed by atoms with Crippen molar-refractivity contribution in [3.8, 4) is 23.0 Å². The molecule has 270 valence electrons. The van der Waals surface area contributed by atoms with Crippen LogP contribution in [0, 0.1) is 11.8 Å². The zero-order chi connectivity index (χ0) is 37.7. The molecule has 4 nitrogen and oxygen atoms in total. The van der Waals surface area contributed by atoms with Crippen LogP contribution in [0.4, 0.5) is 0 Å². The average Bonchev–Trinajstić information content (AvgIpc) is 3.26. The topological polar surface area (TPSA) is 49.4 Å². The number of allylic oxidation sites excluding steroid dienone is 6. The second kappa shape index (κ2) is 18.5. The maximum Gasteiger partial charge on any atom is 0.161 e. The van der Waals surface area contributed by atoms with Gasteiger partial charge >= 0.3 is 0 Å². The monoisotopic (exact) mass is 714 g/mol. The maximum atomic E-state index is 5.29. The van der Waals surface area contributed by atoms with E-state index in [9.17, 15) is 0 Å². The van der Waals surface area contributed by atoms with E-state index in [0.717, 1.165) is 94.3 Å². The zero-order valence-electron chi connectivity index (χ0n) is 31.6. The molecule has 3 aliphatic rings. The summed E-state index contributed by atoms with van der Waals surface area (Å²) in [6.07, 6.45) is 23.7. The number of nitrogens with zero attached hydrogens (tertiary/aromatic N) is 4. The van der Waals surface area contributed by atoms with Gasteiger partial charge in [-0.05, 0) is 85.6 Å². The SMILES string of the molecule is C=NC(=NC(=NCC1=CCCC=C1)c1ccccc1)C1=C(c2cccc(-c3ccccc3C(=NCC3=CCCC=C3)c3ccccc3)c2C#CC)CCC=C1. The van der Waals surface area contributed by atoms with Crippen LogP contribution in [-0.4, -0.2) is 37.2 Å². The quantitative estimate of drug-likeness (QED) is 0.0892. The summed E-state index contributed by atoms with van der Waals surface area (Å²) >= 11 is 0. The summed E-state index contributed by atoms with van der Waals surface area (Å²) in [6, 6.07) is 35.7. The Hall–Kier alpha value is -6.44. The van der Waals surface area contributed by atoms with Gasteiger partial charge in [-0.15, -0.1) is 5.92 Å². The standard InChI is InChI=1S/C51H46N4/c1-3-21-42-43(45-30-16-18-32-47(45)49(40-26-12-6-13-27-40)53-36-38-22-8-4-9-23-38)34-20-35-44(42)46-31-17-19-33-48(46)51(52-2)55-50(41-28-14-7-15-29-41)54-37-39-24-10-5-11-25-39/h6-8,10,12-16,18-20,22-30,32-35H,2,4-5,9,11,17,31,36-37H2,1H3. The second-order valence-corrected chi connectivity index (χ2v) is 13.6. The van der Waals surface area contributed by atoms with E-state index in [-0.39, 0.29) is 0 Å². The molecule has 0 aliphatic heterocycles. The lowest BCUT2D eigenvalue weighted by Crippen LogP contribution is -2.10. The summed E-state index contributed by atoms with van der Waals surface area (Å²) in [5.41, 5.74) is 12.8. The molecule has 0 amide bonds. The fourth-order valence-electron chi connectivity index (χ4n) is 7.26. The second-order valence-electron chi connectivity index (χ2n) is 13.6. The van der Waals surface area contributed by atoms with Crippen molar-refractivity contribution in [3.63, 3.8) is 0 Å². The van der Waals surface area contributed by atoms with Crippen molar-refractivity contribution in [2.45, 2.75) is 45.4 Å². The molecule has 0 N–H and O–H groups in total. The van der Waals surface area contributed by atoms with Gasteiger partial charge in [-0.3, -0.25) is 9.98 Å². The molecule has 7 rings (SSSR count). The minimum absolute atomic E-state index is 0.549. The lowest BCUT2D eigenvalue weighted by atomic mass is 9.84. The van der Waals surface area contributed by atoms with E-state index in [4.69, 9.17) is 15.0 Å². The van der Waals surface area contributed by atoms with Crippen LogP contribution in [0.5, 0.6) is 0 Å². The summed E-state index contributed by atoms with van der Waals surface area (Å²) in [4.78, 5) is 20.0. The summed E-state index contributed by atoms with van der Waals surface area (Å²) in [6.45, 7) is 7.10. The van der Waals surface area contributed by atoms with Gasteiger partial charge in [0.1, 0.15) is 0 Å². The van der Waals surface area contributed by atoms with E-state index in [1.165, 1.54) is 11.1 Å². The Bertz CT molecular complexity index is 2380. The minimum Gasteiger partial charge on any atom is -0.279 e. The van der Waals surface area contributed by atoms with E-state index in [2.05, 4.69) is 145 Å². The largest absolute Gasteiger partial charge is 0.279 e. The molecule has 0 saturated heterocycles. The summed E-state index contributed by atoms with van der Waals surface area (Å²) < 4.78 is 0. The number of amidine groups is 2. The third-order valence-electron chi connectivity index (χ3n) is 9.94. The molecule has 4 aromatic rings. The molecular weight excluding hydrogens is 669 g/mol. The number of benzene rings is 4. The Labute approximate surface area is 326 Å². The molecule has 4 aromatic carbocycles. The van der Waals surface area contributed by atoms with E-state index < -0.39 is 0 Å². The van der Waals surface area contributed by atoms with Crippen LogP contribution in [0.3, 0.4) is 0 Å². The molecule has 0 heterocycles. The Morgan fingerprint density at radius 3 is 1.89 bits per heavy atom. The van der Waals surface area contributed by atoms with Crippen molar-refractivity contribution in [1.29, 1.82) is 0 Å². The third-order valence-corrected chi connectivity index (χ3v) is 9.94. The van der Waals surface area contributed by atoms with Gasteiger partial charge in [0.2, 0.25) is 0 Å². The van der Waals surface area contributed by atoms with Crippen molar-refractivity contribution in [2.75, 3.05) is 13.1 Å². The normalized spacial score (nSPS) is 16.0. The van der Waals surface area contributed by atoms with Gasteiger partial charge in [0.25, 0.3) is 0 Å². The molecule has 0 atom stereocenters. The van der Waals surface area contributed by atoms with Gasteiger partial charge < -0.3 is 0 Å². The van der Waals surface area contributed by atoms with Gasteiger partial charge in [0, 0.05) is 27.8 Å². The van der Waals surface area contributed by atoms with Crippen molar-refractivity contribution < 1.29 is 0 Å². The lowest BCUT2D eigenvalue weighted by Gasteiger charge is -2.21. The van der Waals surface area contributed by atoms with Gasteiger partial charge in [0.15, 0.2) is 11.7 Å². The Kier molecular flexibility index (Phi) is 12.4. The van der Waals surface area contributed by atoms with Crippen LogP contribution < -0.4 is 0 Å². The summed E-state index contributed by atoms with van der Waals surface area (Å²) in [5.74, 6) is 7.98. The highest BCUT2D eigenvalue weighted by Crippen LogP contribution is 2.37. The number of aliphatic imine (C=N–C) groups is 4. The molecule has 0 bridgehead atoms. The maximum absolute atomic E-state index is 5.29. The fourth-order valence-corrected chi connectivity index (χ4v) is 7.26. The van der Waals surface area contributed by atoms with Crippen molar-refractivity contribution in [1.82, 2.24) is 0 Å². The molecule has 0 spiro atoms. The molecule has 0 aromatic heterocycles. The van der Waals surface area contributed by atoms with Crippen LogP contribution >= 0.6 is 0 Å². The first-order valence-corrected chi connectivity index (χ1v) is 19.3. The number of hydrogen-bond donors (Lipinski definition) is 0. The van der Waals surface area contributed by atoms with E-state index in [1.807, 2.05) is 37.3 Å². The van der Waals surface area contributed by atoms with Crippen LogP contribution in [0.1, 0.15) is 73.3 Å². The predicted octanol–water partition coefficient (Wildman–Crippen LogP) is 11.8. The molecule has 3 aliphatic carbocycles. The predicted molar refractivity (Wildman–Crippen MR) is 234 cm³/mol. The highest BCUT2D eigenvalue weighted by Gasteiger charge is 2.22. The van der Waals surface area contributed by atoms with Gasteiger partial charge in [0.05, 0.1) is 18.8 Å². The van der Waals surface area contributed by atoms with Crippen LogP contribution in [-0.2, 0) is 0 Å². The van der Waals surface area contributed by atoms with Crippen LogP contribution in [0.25, 0.3) is 16.7 Å². The number of hydrogen-bond acceptors (Lipinski definition) is 2. The zero-order valence-corrected chi connectivity index (χ0v) is 31.6. The third kappa shape index (κ3) is 9.03. The molecule has 0 unspecified atom stereocenters. The van der Waals surface area contributed by atoms with Gasteiger partial charge in [-0.25, -0.2) is 9.98 Å². The highest BCUT2D eigenvalue weighted by molar-refractivity contribution is 6.18. The van der Waals surface area contributed by atoms with E-state index >= 15 is 0 Å². The average molecular weight is 715 g/mol. The fraction of sp³-hybridized carbons (Fsp3) is 0.176. The first-order valence-electron chi connectivity index (χ1n) is 19.3.